The lowest BCUT2D eigenvalue weighted by atomic mass is 10.1. The molecule has 1 saturated heterocycles. The zero-order valence-corrected chi connectivity index (χ0v) is 12.6. The van der Waals surface area contributed by atoms with Crippen LogP contribution >= 0.6 is 11.8 Å². The Bertz CT molecular complexity index is 408. The van der Waals surface area contributed by atoms with Gasteiger partial charge in [0, 0.05) is 38.7 Å². The second-order valence-electron chi connectivity index (χ2n) is 4.67. The van der Waals surface area contributed by atoms with Gasteiger partial charge in [0.2, 0.25) is 0 Å². The molecule has 1 aromatic heterocycles. The molecule has 1 N–H and O–H groups in total. The van der Waals surface area contributed by atoms with Crippen molar-refractivity contribution >= 4 is 17.8 Å². The average Bonchev–Trinajstić information content (AvgIpc) is 2.52. The van der Waals surface area contributed by atoms with Crippen molar-refractivity contribution in [3.63, 3.8) is 0 Å². The number of aromatic nitrogens is 1. The summed E-state index contributed by atoms with van der Waals surface area (Å²) in [5, 5.41) is 3.94. The number of nitrogens with one attached hydrogen (secondary N) is 1. The van der Waals surface area contributed by atoms with Gasteiger partial charge in [0.05, 0.1) is 11.1 Å². The maximum absolute atomic E-state index is 12.0. The minimum absolute atomic E-state index is 0.0289. The van der Waals surface area contributed by atoms with Crippen LogP contribution in [0.3, 0.4) is 0 Å². The highest BCUT2D eigenvalue weighted by Gasteiger charge is 2.21. The Labute approximate surface area is 124 Å². The zero-order valence-electron chi connectivity index (χ0n) is 11.7. The van der Waals surface area contributed by atoms with Gasteiger partial charge in [0.1, 0.15) is 0 Å². The molecule has 0 atom stereocenters. The second-order valence-corrected chi connectivity index (χ2v) is 5.79. The number of hydrogen-bond acceptors (Lipinski definition) is 4. The van der Waals surface area contributed by atoms with Crippen molar-refractivity contribution in [1.82, 2.24) is 15.2 Å². The van der Waals surface area contributed by atoms with E-state index < -0.39 is 0 Å². The number of carbonyl (C=O) groups is 1. The Morgan fingerprint density at radius 1 is 1.50 bits per heavy atom. The molecule has 110 valence electrons. The molecule has 0 aromatic carbocycles. The molecule has 20 heavy (non-hydrogen) atoms. The van der Waals surface area contributed by atoms with E-state index in [1.807, 2.05) is 23.1 Å². The molecule has 0 saturated carbocycles. The van der Waals surface area contributed by atoms with Crippen molar-refractivity contribution in [3.8, 4) is 0 Å². The maximum atomic E-state index is 12.0. The van der Waals surface area contributed by atoms with Gasteiger partial charge < -0.3 is 15.0 Å². The molecule has 2 amide bonds. The van der Waals surface area contributed by atoms with Gasteiger partial charge >= 0.3 is 6.03 Å². The first-order valence-corrected chi connectivity index (χ1v) is 7.87. The summed E-state index contributed by atoms with van der Waals surface area (Å²) in [6, 6.07) is 5.87. The van der Waals surface area contributed by atoms with Gasteiger partial charge in [0.25, 0.3) is 0 Å². The van der Waals surface area contributed by atoms with Crippen LogP contribution in [0.5, 0.6) is 0 Å². The molecular formula is C14H21N3O2S. The fraction of sp³-hybridized carbons (Fsp3) is 0.571. The first-order chi connectivity index (χ1) is 9.79. The van der Waals surface area contributed by atoms with E-state index in [9.17, 15) is 4.79 Å². The van der Waals surface area contributed by atoms with E-state index in [2.05, 4.69) is 10.3 Å². The number of rotatable bonds is 5. The number of likely N-dealkylation sites (tertiary alicyclic amines) is 1. The van der Waals surface area contributed by atoms with Gasteiger partial charge in [0.15, 0.2) is 0 Å². The molecule has 5 nitrogen and oxygen atoms in total. The molecule has 0 spiro atoms. The number of ether oxygens (including phenoxy) is 1. The van der Waals surface area contributed by atoms with Gasteiger partial charge in [-0.05, 0) is 25.0 Å². The number of nitrogens with zero attached hydrogens (tertiary/aromatic N) is 2. The zero-order chi connectivity index (χ0) is 14.2. The molecule has 2 rings (SSSR count). The summed E-state index contributed by atoms with van der Waals surface area (Å²) in [4.78, 5) is 18.0. The molecule has 1 fully saturated rings. The third-order valence-electron chi connectivity index (χ3n) is 3.33. The highest BCUT2D eigenvalue weighted by atomic mass is 32.2. The van der Waals surface area contributed by atoms with Crippen LogP contribution in [0.25, 0.3) is 0 Å². The topological polar surface area (TPSA) is 54.5 Å². The van der Waals surface area contributed by atoms with Gasteiger partial charge in [-0.3, -0.25) is 0 Å². The number of urea groups is 1. The molecule has 1 aromatic rings. The quantitative estimate of drug-likeness (QED) is 0.667. The predicted molar refractivity (Wildman–Crippen MR) is 80.0 cm³/mol. The van der Waals surface area contributed by atoms with Crippen molar-refractivity contribution in [3.05, 3.63) is 24.4 Å². The minimum Gasteiger partial charge on any atom is -0.381 e. The van der Waals surface area contributed by atoms with Crippen LogP contribution in [0.1, 0.15) is 12.8 Å². The lowest BCUT2D eigenvalue weighted by Gasteiger charge is -2.31. The van der Waals surface area contributed by atoms with E-state index in [1.54, 1.807) is 25.1 Å². The lowest BCUT2D eigenvalue weighted by Crippen LogP contribution is -2.46. The summed E-state index contributed by atoms with van der Waals surface area (Å²) in [6.07, 6.45) is 3.93. The monoisotopic (exact) mass is 295 g/mol. The standard InChI is InChI=1S/C14H21N3O2S/c1-19-12-5-9-17(10-6-12)14(18)16-8-11-20-13-4-2-3-7-15-13/h2-4,7,12H,5-6,8-11H2,1H3,(H,16,18). The fourth-order valence-corrected chi connectivity index (χ4v) is 2.88. The first-order valence-electron chi connectivity index (χ1n) is 6.89. The fourth-order valence-electron chi connectivity index (χ4n) is 2.15. The van der Waals surface area contributed by atoms with Gasteiger partial charge in [-0.1, -0.05) is 6.07 Å². The summed E-state index contributed by atoms with van der Waals surface area (Å²) >= 11 is 1.65. The van der Waals surface area contributed by atoms with Crippen LogP contribution in [-0.4, -0.2) is 54.5 Å². The summed E-state index contributed by atoms with van der Waals surface area (Å²) in [5.74, 6) is 0.831. The number of thioether (sulfide) groups is 1. The Hall–Kier alpha value is -1.27. The molecule has 0 radical (unpaired) electrons. The summed E-state index contributed by atoms with van der Waals surface area (Å²) in [6.45, 7) is 2.21. The third kappa shape index (κ3) is 4.68. The van der Waals surface area contributed by atoms with Crippen LogP contribution in [0.15, 0.2) is 29.4 Å². The van der Waals surface area contributed by atoms with Crippen molar-refractivity contribution in [2.75, 3.05) is 32.5 Å². The second kappa shape index (κ2) is 8.11. The van der Waals surface area contributed by atoms with Crippen LogP contribution in [-0.2, 0) is 4.74 Å². The lowest BCUT2D eigenvalue weighted by molar-refractivity contribution is 0.0504. The molecule has 1 aliphatic heterocycles. The van der Waals surface area contributed by atoms with E-state index in [-0.39, 0.29) is 6.03 Å². The molecule has 1 aliphatic rings. The molecule has 2 heterocycles. The van der Waals surface area contributed by atoms with E-state index >= 15 is 0 Å². The van der Waals surface area contributed by atoms with Crippen LogP contribution in [0, 0.1) is 0 Å². The van der Waals surface area contributed by atoms with Crippen molar-refractivity contribution in [1.29, 1.82) is 0 Å². The normalized spacial score (nSPS) is 16.1. The van der Waals surface area contributed by atoms with E-state index in [0.29, 0.717) is 12.6 Å². The SMILES string of the molecule is COC1CCN(C(=O)NCCSc2ccccn2)CC1. The van der Waals surface area contributed by atoms with Gasteiger partial charge in [-0.2, -0.15) is 0 Å². The molecule has 6 heteroatoms. The van der Waals surface area contributed by atoms with Gasteiger partial charge in [-0.25, -0.2) is 9.78 Å². The third-order valence-corrected chi connectivity index (χ3v) is 4.27. The summed E-state index contributed by atoms with van der Waals surface area (Å²) in [7, 11) is 1.73. The summed E-state index contributed by atoms with van der Waals surface area (Å²) in [5.41, 5.74) is 0. The maximum Gasteiger partial charge on any atom is 0.317 e. The van der Waals surface area contributed by atoms with E-state index in [0.717, 1.165) is 36.7 Å². The first kappa shape index (κ1) is 15.1. The Kier molecular flexibility index (Phi) is 6.14. The molecule has 0 bridgehead atoms. The number of pyridine rings is 1. The molecular weight excluding hydrogens is 274 g/mol. The van der Waals surface area contributed by atoms with Crippen LogP contribution in [0.2, 0.25) is 0 Å². The predicted octanol–water partition coefficient (Wildman–Crippen LogP) is 1.99. The smallest absolute Gasteiger partial charge is 0.317 e. The highest BCUT2D eigenvalue weighted by molar-refractivity contribution is 7.99. The molecule has 0 unspecified atom stereocenters. The van der Waals surface area contributed by atoms with Gasteiger partial charge in [-0.15, -0.1) is 11.8 Å². The Morgan fingerprint density at radius 2 is 2.30 bits per heavy atom. The van der Waals surface area contributed by atoms with Crippen LogP contribution < -0.4 is 5.32 Å². The van der Waals surface area contributed by atoms with Crippen LogP contribution in [0.4, 0.5) is 4.79 Å². The summed E-state index contributed by atoms with van der Waals surface area (Å²) < 4.78 is 5.30. The van der Waals surface area contributed by atoms with E-state index in [4.69, 9.17) is 4.74 Å². The molecule has 0 aliphatic carbocycles. The number of amides is 2. The Morgan fingerprint density at radius 3 is 2.95 bits per heavy atom. The van der Waals surface area contributed by atoms with Crippen molar-refractivity contribution in [2.45, 2.75) is 24.0 Å². The highest BCUT2D eigenvalue weighted by Crippen LogP contribution is 2.14. The number of carbonyl (C=O) groups excluding carboxylic acids is 1. The minimum atomic E-state index is 0.0289. The van der Waals surface area contributed by atoms with E-state index in [1.165, 1.54) is 0 Å². The van der Waals surface area contributed by atoms with Crippen molar-refractivity contribution in [2.24, 2.45) is 0 Å². The number of methoxy groups -OCH3 is 1. The largest absolute Gasteiger partial charge is 0.381 e. The number of hydrogen-bond donors (Lipinski definition) is 1. The Balaban J connectivity index is 1.61. The number of piperidine rings is 1. The van der Waals surface area contributed by atoms with Crippen molar-refractivity contribution < 1.29 is 9.53 Å². The average molecular weight is 295 g/mol.